The second kappa shape index (κ2) is 12.1. The van der Waals surface area contributed by atoms with Gasteiger partial charge in [-0.05, 0) is 0 Å². The Morgan fingerprint density at radius 3 is 2.20 bits per heavy atom. The molecule has 0 radical (unpaired) electrons. The van der Waals surface area contributed by atoms with Crippen LogP contribution in [0.1, 0.15) is 33.3 Å². The number of carbonyl (C=O) groups excluding carboxylic acids is 1. The molecule has 2 aromatic carbocycles. The molecule has 6 nitrogen and oxygen atoms in total. The molecule has 1 heterocycles. The number of carbonyl (C=O) groups is 1. The first kappa shape index (κ1) is 28.1. The summed E-state index contributed by atoms with van der Waals surface area (Å²) in [6.07, 6.45) is -2.96. The number of benzene rings is 2. The molecule has 0 spiro atoms. The van der Waals surface area contributed by atoms with Gasteiger partial charge < -0.3 is 0 Å². The minimum atomic E-state index is -2.30. The van der Waals surface area contributed by atoms with E-state index < -0.39 is 43.7 Å². The van der Waals surface area contributed by atoms with Gasteiger partial charge in [-0.1, -0.05) is 0 Å². The van der Waals surface area contributed by atoms with Crippen LogP contribution in [0.5, 0.6) is 0 Å². The molecular formula is C27H38O6SeSi. The molecule has 0 aromatic heterocycles. The van der Waals surface area contributed by atoms with E-state index in [0.29, 0.717) is 6.61 Å². The van der Waals surface area contributed by atoms with Crippen molar-refractivity contribution in [2.24, 2.45) is 0 Å². The van der Waals surface area contributed by atoms with Crippen molar-refractivity contribution in [1.82, 2.24) is 0 Å². The molecule has 2 aromatic rings. The third kappa shape index (κ3) is 7.73. The fraction of sp³-hybridized carbons (Fsp3) is 0.519. The topological polar surface area (TPSA) is 74.2 Å². The van der Waals surface area contributed by atoms with Gasteiger partial charge in [0.25, 0.3) is 0 Å². The molecule has 0 aliphatic carbocycles. The van der Waals surface area contributed by atoms with Crippen molar-refractivity contribution in [2.75, 3.05) is 6.61 Å². The summed E-state index contributed by atoms with van der Waals surface area (Å²) < 4.78 is 26.0. The monoisotopic (exact) mass is 566 g/mol. The Morgan fingerprint density at radius 1 is 1.03 bits per heavy atom. The summed E-state index contributed by atoms with van der Waals surface area (Å²) in [5.74, 6) is -0.435. The molecule has 0 saturated carbocycles. The average molecular weight is 566 g/mol. The Hall–Kier alpha value is -1.51. The van der Waals surface area contributed by atoms with Crippen LogP contribution in [0.4, 0.5) is 0 Å². The summed E-state index contributed by atoms with van der Waals surface area (Å²) in [6, 6.07) is 19.9. The number of aliphatic hydroxyl groups is 1. The molecule has 8 heteroatoms. The zero-order chi connectivity index (χ0) is 25.6. The van der Waals surface area contributed by atoms with Gasteiger partial charge in [0.1, 0.15) is 0 Å². The molecule has 35 heavy (non-hydrogen) atoms. The second-order valence-corrected chi connectivity index (χ2v) is 17.6. The van der Waals surface area contributed by atoms with Gasteiger partial charge in [0.15, 0.2) is 0 Å². The van der Waals surface area contributed by atoms with E-state index >= 15 is 0 Å². The standard InChI is InChI=1S/C27H38O6SeSi/c1-19(28)31-24-22(18-30-17-20-13-9-7-10-14-20)32-26(34-21-15-11-8-12-16-21)23(29)25(24)33-35(5,6)27(2,3)4/h7-16,22-26,29H,17-18H2,1-6H3/t22-,23-,24-,25-,26+/m1/s1. The molecule has 0 amide bonds. The summed E-state index contributed by atoms with van der Waals surface area (Å²) in [6.45, 7) is 12.7. The van der Waals surface area contributed by atoms with Gasteiger partial charge >= 0.3 is 217 Å². The molecule has 192 valence electrons. The number of esters is 1. The van der Waals surface area contributed by atoms with Gasteiger partial charge in [-0.2, -0.15) is 0 Å². The quantitative estimate of drug-likeness (QED) is 0.370. The van der Waals surface area contributed by atoms with E-state index in [9.17, 15) is 9.90 Å². The number of rotatable bonds is 9. The van der Waals surface area contributed by atoms with Gasteiger partial charge in [-0.3, -0.25) is 0 Å². The summed E-state index contributed by atoms with van der Waals surface area (Å²) in [7, 11) is -2.30. The summed E-state index contributed by atoms with van der Waals surface area (Å²) >= 11 is -0.172. The van der Waals surface area contributed by atoms with E-state index in [4.69, 9.17) is 18.6 Å². The number of ether oxygens (including phenoxy) is 3. The molecule has 0 bridgehead atoms. The number of aliphatic hydroxyl groups excluding tert-OH is 1. The number of hydrogen-bond donors (Lipinski definition) is 1. The van der Waals surface area contributed by atoms with Crippen LogP contribution in [0.2, 0.25) is 18.1 Å². The predicted octanol–water partition coefficient (Wildman–Crippen LogP) is 3.64. The van der Waals surface area contributed by atoms with E-state index in [1.165, 1.54) is 6.92 Å². The van der Waals surface area contributed by atoms with Crippen LogP contribution in [-0.2, 0) is 30.0 Å². The van der Waals surface area contributed by atoms with E-state index in [1.807, 2.05) is 60.7 Å². The molecule has 0 unspecified atom stereocenters. The van der Waals surface area contributed by atoms with E-state index in [0.717, 1.165) is 10.0 Å². The van der Waals surface area contributed by atoms with Crippen molar-refractivity contribution in [3.05, 3.63) is 66.2 Å². The first-order valence-electron chi connectivity index (χ1n) is 12.0. The second-order valence-electron chi connectivity index (χ2n) is 10.4. The van der Waals surface area contributed by atoms with Crippen LogP contribution >= 0.6 is 0 Å². The van der Waals surface area contributed by atoms with Crippen LogP contribution < -0.4 is 4.46 Å². The Balaban J connectivity index is 1.87. The average Bonchev–Trinajstić information content (AvgIpc) is 2.79. The third-order valence-corrected chi connectivity index (χ3v) is 13.5. The SMILES string of the molecule is CC(=O)O[C@H]1[C@H](O[Si](C)(C)C(C)(C)C)[C@@H](O)[C@H]([Se]c2ccccc2)O[C@@H]1COCc1ccccc1. The summed E-state index contributed by atoms with van der Waals surface area (Å²) in [5, 5.41) is 10.9. The zero-order valence-electron chi connectivity index (χ0n) is 21.5. The minimum absolute atomic E-state index is 0.0782. The first-order chi connectivity index (χ1) is 16.5. The fourth-order valence-electron chi connectivity index (χ4n) is 3.61. The fourth-order valence-corrected chi connectivity index (χ4v) is 7.17. The van der Waals surface area contributed by atoms with Gasteiger partial charge in [0, 0.05) is 0 Å². The van der Waals surface area contributed by atoms with Crippen molar-refractivity contribution >= 4 is 33.7 Å². The summed E-state index contributed by atoms with van der Waals surface area (Å²) in [4.78, 5) is 12.1. The Morgan fingerprint density at radius 2 is 1.63 bits per heavy atom. The van der Waals surface area contributed by atoms with E-state index in [1.54, 1.807) is 0 Å². The van der Waals surface area contributed by atoms with Crippen LogP contribution in [0, 0.1) is 0 Å². The Labute approximate surface area is 216 Å². The maximum absolute atomic E-state index is 12.1. The molecule has 1 saturated heterocycles. The zero-order valence-corrected chi connectivity index (χ0v) is 24.2. The Kier molecular flexibility index (Phi) is 9.74. The molecule has 1 aliphatic rings. The van der Waals surface area contributed by atoms with Crippen LogP contribution in [-0.4, -0.2) is 70.4 Å². The van der Waals surface area contributed by atoms with Gasteiger partial charge in [-0.15, -0.1) is 0 Å². The van der Waals surface area contributed by atoms with Gasteiger partial charge in [0.2, 0.25) is 0 Å². The van der Waals surface area contributed by atoms with Gasteiger partial charge in [-0.25, -0.2) is 0 Å². The van der Waals surface area contributed by atoms with E-state index in [2.05, 4.69) is 33.9 Å². The molecule has 1 aliphatic heterocycles. The Bertz CT molecular complexity index is 934. The molecule has 5 atom stereocenters. The predicted molar refractivity (Wildman–Crippen MR) is 140 cm³/mol. The molecule has 1 N–H and O–H groups in total. The van der Waals surface area contributed by atoms with Crippen molar-refractivity contribution in [1.29, 1.82) is 0 Å². The normalized spacial score (nSPS) is 25.3. The summed E-state index contributed by atoms with van der Waals surface area (Å²) in [5.41, 5.74) is 1.05. The molecule has 3 rings (SSSR count). The van der Waals surface area contributed by atoms with Crippen LogP contribution in [0.15, 0.2) is 60.7 Å². The van der Waals surface area contributed by atoms with Gasteiger partial charge in [0.05, 0.1) is 0 Å². The van der Waals surface area contributed by atoms with Crippen molar-refractivity contribution in [3.8, 4) is 0 Å². The van der Waals surface area contributed by atoms with E-state index in [-0.39, 0.29) is 26.6 Å². The maximum atomic E-state index is 12.1. The number of hydrogen-bond acceptors (Lipinski definition) is 6. The van der Waals surface area contributed by atoms with Crippen molar-refractivity contribution in [2.45, 2.75) is 81.9 Å². The molecule has 1 fully saturated rings. The molecular weight excluding hydrogens is 527 g/mol. The van der Waals surface area contributed by atoms with Crippen LogP contribution in [0.3, 0.4) is 0 Å². The van der Waals surface area contributed by atoms with Crippen molar-refractivity contribution in [3.63, 3.8) is 0 Å². The first-order valence-corrected chi connectivity index (χ1v) is 16.8. The van der Waals surface area contributed by atoms with Crippen molar-refractivity contribution < 1.29 is 28.5 Å². The third-order valence-electron chi connectivity index (χ3n) is 6.54. The van der Waals surface area contributed by atoms with Crippen LogP contribution in [0.25, 0.3) is 0 Å².